The maximum absolute atomic E-state index is 11.6. The minimum absolute atomic E-state index is 0.0720. The highest BCUT2D eigenvalue weighted by molar-refractivity contribution is 8.04. The van der Waals surface area contributed by atoms with E-state index >= 15 is 0 Å². The summed E-state index contributed by atoms with van der Waals surface area (Å²) in [6, 6.07) is 21.0. The molecule has 0 aromatic heterocycles. The molecular weight excluding hydrogens is 1140 g/mol. The molecule has 4 aromatic rings. The number of carbonyl (C=O) groups is 2. The van der Waals surface area contributed by atoms with Gasteiger partial charge in [0.15, 0.2) is 16.7 Å². The standard InChI is InChI=1S/C27H36N4O8S2.C15H30N2O8.C12H6N2S2/c1-17(33)30-25-24(35)23(34)22(15-32)39-27(25,2)38-14-13-37-12-11-36-10-9-28-26(41)31-21-8-7-20(29-16-40)18-5-3-4-6-19(18)21;1-10(19)17-14-13(21)12(20)11(9-18)25-15(14,2)24-8-7-23-6-5-22-4-3-16;13-7-16-12-6-5-11(14-8-15)9-3-1-2-4-10(9)12/h3-8,22-25,32,34-35H,9-15H2,1-2H3,(H,30,33)(H2,28,31,41);11-14,18,20-21H,3-9,16H2,1-2H3,(H,17,19);1-6H/t22?,23-,24-,25?,27-;11?,12-,13-,14?,15-;/m00./s1. The van der Waals surface area contributed by atoms with Crippen molar-refractivity contribution in [2.45, 2.75) is 92.9 Å². The van der Waals surface area contributed by atoms with Crippen molar-refractivity contribution in [1.82, 2.24) is 16.0 Å². The summed E-state index contributed by atoms with van der Waals surface area (Å²) in [5, 5.41) is 90.8. The number of thioether (sulfide) groups is 1. The van der Waals surface area contributed by atoms with Crippen LogP contribution in [0.4, 0.5) is 17.1 Å². The third kappa shape index (κ3) is 21.2. The predicted octanol–water partition coefficient (Wildman–Crippen LogP) is 2.72. The van der Waals surface area contributed by atoms with Crippen LogP contribution < -0.4 is 27.0 Å². The number of hydrogen-bond donors (Lipinski definition) is 11. The van der Waals surface area contributed by atoms with Gasteiger partial charge in [-0.1, -0.05) is 48.5 Å². The minimum atomic E-state index is -1.48. The quantitative estimate of drug-likeness (QED) is 0.0134. The van der Waals surface area contributed by atoms with Crippen molar-refractivity contribution in [1.29, 1.82) is 5.26 Å². The zero-order valence-electron chi connectivity index (χ0n) is 45.8. The topological polar surface area (TPSA) is 352 Å². The number of nitriles is 1. The third-order valence-corrected chi connectivity index (χ3v) is 13.5. The van der Waals surface area contributed by atoms with Crippen molar-refractivity contribution in [3.05, 3.63) is 72.8 Å². The number of anilines is 1. The zero-order chi connectivity index (χ0) is 60.1. The van der Waals surface area contributed by atoms with Crippen molar-refractivity contribution in [2.24, 2.45) is 15.7 Å². The molecule has 10 atom stereocenters. The second-order valence-corrected chi connectivity index (χ2v) is 19.9. The highest BCUT2D eigenvalue weighted by atomic mass is 32.2. The average molecular weight is 1220 g/mol. The van der Waals surface area contributed by atoms with E-state index in [0.717, 1.165) is 55.3 Å². The van der Waals surface area contributed by atoms with Crippen LogP contribution in [0.3, 0.4) is 0 Å². The minimum Gasteiger partial charge on any atom is -0.394 e. The Bertz CT molecular complexity index is 2810. The second-order valence-electron chi connectivity index (χ2n) is 18.3. The predicted molar refractivity (Wildman–Crippen MR) is 317 cm³/mol. The summed E-state index contributed by atoms with van der Waals surface area (Å²) in [4.78, 5) is 32.0. The van der Waals surface area contributed by atoms with Crippen LogP contribution >= 0.6 is 48.4 Å². The summed E-state index contributed by atoms with van der Waals surface area (Å²) >= 11 is 15.9. The average Bonchev–Trinajstić information content (AvgIpc) is 2.89. The van der Waals surface area contributed by atoms with Crippen molar-refractivity contribution in [2.75, 3.05) is 97.7 Å². The number of benzene rings is 4. The van der Waals surface area contributed by atoms with Crippen LogP contribution in [0.2, 0.25) is 0 Å². The molecule has 2 aliphatic heterocycles. The van der Waals surface area contributed by atoms with Crippen LogP contribution in [0.1, 0.15) is 27.7 Å². The molecule has 12 N–H and O–H groups in total. The number of nitrogens with two attached hydrogens (primary N) is 1. The van der Waals surface area contributed by atoms with Crippen LogP contribution in [0, 0.1) is 10.7 Å². The lowest BCUT2D eigenvalue weighted by atomic mass is 9.91. The molecular formula is C54H72N8O16S4. The second kappa shape index (κ2) is 36.5. The number of thiocyanates is 1. The van der Waals surface area contributed by atoms with Crippen molar-refractivity contribution >= 4 is 114 Å². The first-order valence-electron chi connectivity index (χ1n) is 25.8. The molecule has 2 aliphatic rings. The molecule has 2 heterocycles. The summed E-state index contributed by atoms with van der Waals surface area (Å²) in [5.74, 6) is -3.76. The molecule has 0 saturated carbocycles. The van der Waals surface area contributed by atoms with E-state index in [9.17, 15) is 40.2 Å². The van der Waals surface area contributed by atoms with Gasteiger partial charge in [0.1, 0.15) is 54.1 Å². The van der Waals surface area contributed by atoms with Gasteiger partial charge in [-0.05, 0) is 91.9 Å². The van der Waals surface area contributed by atoms with Gasteiger partial charge < -0.3 is 95.5 Å². The molecule has 24 nitrogen and oxygen atoms in total. The Morgan fingerprint density at radius 1 is 0.646 bits per heavy atom. The number of rotatable bonds is 27. The number of aliphatic hydroxyl groups is 6. The van der Waals surface area contributed by atoms with E-state index < -0.39 is 85.3 Å². The van der Waals surface area contributed by atoms with E-state index in [0.29, 0.717) is 57.8 Å². The SMILES string of the molecule is CC(=O)NC1[C@@H](O)[C@@H](O)C(CO)O[C@]1(C)OCCOCCOCCN.CC(=O)NC1[C@@H](O)[C@@H](O)C(CO)O[C@]1(C)OCCOCCOCCNC(=S)Nc1ccc(N=C=S)c2ccccc12.N#CSc1ccc(N=C=S)c2ccccc12. The number of carbonyl (C=O) groups excluding carboxylic acids is 2. The number of isothiocyanates is 2. The maximum Gasteiger partial charge on any atom is 0.217 e. The van der Waals surface area contributed by atoms with Crippen molar-refractivity contribution in [3.8, 4) is 5.40 Å². The third-order valence-electron chi connectivity index (χ3n) is 12.4. The number of thiocarbonyl (C=S) groups is 3. The van der Waals surface area contributed by atoms with Gasteiger partial charge in [-0.2, -0.15) is 15.2 Å². The normalized spacial score (nSPS) is 23.7. The number of aliphatic hydroxyl groups excluding tert-OH is 6. The molecule has 4 unspecified atom stereocenters. The smallest absolute Gasteiger partial charge is 0.217 e. The fourth-order valence-electron chi connectivity index (χ4n) is 8.57. The first-order chi connectivity index (χ1) is 39.4. The van der Waals surface area contributed by atoms with Gasteiger partial charge >= 0.3 is 0 Å². The lowest BCUT2D eigenvalue weighted by Crippen LogP contribution is -2.70. The highest BCUT2D eigenvalue weighted by Crippen LogP contribution is 2.35. The lowest BCUT2D eigenvalue weighted by Gasteiger charge is -2.48. The number of hydrogen-bond acceptors (Lipinski definition) is 24. The van der Waals surface area contributed by atoms with E-state index in [1.54, 1.807) is 0 Å². The number of amides is 2. The molecule has 2 fully saturated rings. The van der Waals surface area contributed by atoms with Gasteiger partial charge in [-0.25, -0.2) is 0 Å². The van der Waals surface area contributed by atoms with Crippen LogP contribution in [0.5, 0.6) is 0 Å². The number of nitrogens with zero attached hydrogens (tertiary/aromatic N) is 3. The van der Waals surface area contributed by atoms with Crippen LogP contribution in [0.15, 0.2) is 87.7 Å². The Labute approximate surface area is 495 Å². The van der Waals surface area contributed by atoms with Gasteiger partial charge in [-0.15, -0.1) is 0 Å². The summed E-state index contributed by atoms with van der Waals surface area (Å²) < 4.78 is 44.3. The van der Waals surface area contributed by atoms with E-state index in [-0.39, 0.29) is 26.4 Å². The van der Waals surface area contributed by atoms with Gasteiger partial charge in [0, 0.05) is 53.7 Å². The van der Waals surface area contributed by atoms with Gasteiger partial charge in [0.05, 0.1) is 101 Å². The monoisotopic (exact) mass is 1220 g/mol. The van der Waals surface area contributed by atoms with Gasteiger partial charge in [-0.3, -0.25) is 9.59 Å². The number of nitrogens with one attached hydrogen (secondary N) is 4. The fraction of sp³-hybridized carbons (Fsp3) is 0.519. The molecule has 0 bridgehead atoms. The summed E-state index contributed by atoms with van der Waals surface area (Å²) in [6.07, 6.45) is -7.59. The molecule has 2 saturated heterocycles. The van der Waals surface area contributed by atoms with Gasteiger partial charge in [0.25, 0.3) is 0 Å². The Hall–Kier alpha value is -5.13. The molecule has 2 amide bonds. The molecule has 0 spiro atoms. The number of aliphatic imine (C=N–C) groups is 2. The number of fused-ring (bicyclic) bond motifs is 2. The van der Waals surface area contributed by atoms with Crippen LogP contribution in [-0.4, -0.2) is 211 Å². The summed E-state index contributed by atoms with van der Waals surface area (Å²) in [5.41, 5.74) is 7.66. The van der Waals surface area contributed by atoms with Crippen LogP contribution in [0.25, 0.3) is 21.5 Å². The van der Waals surface area contributed by atoms with Crippen LogP contribution in [-0.2, 0) is 47.5 Å². The van der Waals surface area contributed by atoms with Crippen molar-refractivity contribution in [3.63, 3.8) is 0 Å². The Kier molecular flexibility index (Phi) is 30.9. The molecule has 448 valence electrons. The lowest BCUT2D eigenvalue weighted by molar-refractivity contribution is -0.329. The fourth-order valence-corrected chi connectivity index (χ4v) is 9.50. The Morgan fingerprint density at radius 3 is 1.52 bits per heavy atom. The molecule has 0 aliphatic carbocycles. The molecule has 6 rings (SSSR count). The molecule has 0 radical (unpaired) electrons. The largest absolute Gasteiger partial charge is 0.394 e. The van der Waals surface area contributed by atoms with E-state index in [1.807, 2.05) is 72.8 Å². The van der Waals surface area contributed by atoms with E-state index in [2.05, 4.69) is 59.2 Å². The Morgan fingerprint density at radius 2 is 1.07 bits per heavy atom. The van der Waals surface area contributed by atoms with E-state index in [1.165, 1.54) is 27.7 Å². The maximum atomic E-state index is 11.6. The van der Waals surface area contributed by atoms with Crippen molar-refractivity contribution < 1.29 is 78.1 Å². The molecule has 28 heteroatoms. The molecule has 82 heavy (non-hydrogen) atoms. The molecule has 4 aromatic carbocycles. The first-order valence-corrected chi connectivity index (χ1v) is 27.9. The van der Waals surface area contributed by atoms with E-state index in [4.69, 9.17) is 73.3 Å². The number of ether oxygens (including phenoxy) is 8. The highest BCUT2D eigenvalue weighted by Gasteiger charge is 2.54. The first kappa shape index (κ1) is 69.4. The summed E-state index contributed by atoms with van der Waals surface area (Å²) in [7, 11) is 0. The van der Waals surface area contributed by atoms with Gasteiger partial charge in [0.2, 0.25) is 11.8 Å². The Balaban J connectivity index is 0.000000297. The summed E-state index contributed by atoms with van der Waals surface area (Å²) in [6.45, 7) is 8.42. The zero-order valence-corrected chi connectivity index (χ0v) is 49.0.